The van der Waals surface area contributed by atoms with E-state index in [-0.39, 0.29) is 0 Å². The highest BCUT2D eigenvalue weighted by molar-refractivity contribution is 7.18. The van der Waals surface area contributed by atoms with Gasteiger partial charge in [-0.25, -0.2) is 4.98 Å². The van der Waals surface area contributed by atoms with Crippen LogP contribution >= 0.6 is 34.5 Å². The number of hydrogen-bond donors (Lipinski definition) is 1. The summed E-state index contributed by atoms with van der Waals surface area (Å²) in [7, 11) is 0. The van der Waals surface area contributed by atoms with E-state index in [0.717, 1.165) is 22.4 Å². The van der Waals surface area contributed by atoms with Gasteiger partial charge in [0.1, 0.15) is 10.7 Å². The van der Waals surface area contributed by atoms with Gasteiger partial charge in [-0.1, -0.05) is 53.5 Å². The molecule has 0 saturated carbocycles. The van der Waals surface area contributed by atoms with Gasteiger partial charge in [0.15, 0.2) is 0 Å². The molecule has 2 aromatic heterocycles. The Morgan fingerprint density at radius 3 is 2.74 bits per heavy atom. The molecule has 1 N–H and O–H groups in total. The molecule has 0 fully saturated rings. The number of anilines is 1. The standard InChI is InChI=1S/C14H10Cl2N2S/c15-10-8-19-14-11(6-12(16)18-13(10)14)17-7-9-4-2-1-3-5-9/h1-6,8H,7H2,(H,17,18). The number of thiophene rings is 1. The number of aromatic nitrogens is 1. The molecule has 1 aromatic carbocycles. The number of rotatable bonds is 3. The summed E-state index contributed by atoms with van der Waals surface area (Å²) in [6.07, 6.45) is 0. The van der Waals surface area contributed by atoms with Gasteiger partial charge in [-0.15, -0.1) is 11.3 Å². The Bertz CT molecular complexity index is 710. The molecule has 3 rings (SSSR count). The maximum atomic E-state index is 6.10. The topological polar surface area (TPSA) is 24.9 Å². The fraction of sp³-hybridized carbons (Fsp3) is 0.0714. The lowest BCUT2D eigenvalue weighted by Crippen LogP contribution is -1.99. The highest BCUT2D eigenvalue weighted by Crippen LogP contribution is 2.35. The van der Waals surface area contributed by atoms with Crippen molar-refractivity contribution in [2.24, 2.45) is 0 Å². The lowest BCUT2D eigenvalue weighted by molar-refractivity contribution is 1.15. The van der Waals surface area contributed by atoms with Gasteiger partial charge in [0, 0.05) is 18.0 Å². The molecule has 0 bridgehead atoms. The molecule has 2 nitrogen and oxygen atoms in total. The summed E-state index contributed by atoms with van der Waals surface area (Å²) in [4.78, 5) is 4.25. The lowest BCUT2D eigenvalue weighted by atomic mass is 10.2. The average molecular weight is 309 g/mol. The van der Waals surface area contributed by atoms with E-state index in [0.29, 0.717) is 10.2 Å². The third-order valence-corrected chi connectivity index (χ3v) is 4.39. The monoisotopic (exact) mass is 308 g/mol. The normalized spacial score (nSPS) is 10.8. The second-order valence-corrected chi connectivity index (χ2v) is 5.77. The van der Waals surface area contributed by atoms with E-state index in [1.807, 2.05) is 29.6 Å². The summed E-state index contributed by atoms with van der Waals surface area (Å²) in [6, 6.07) is 12.0. The van der Waals surface area contributed by atoms with Crippen LogP contribution in [-0.4, -0.2) is 4.98 Å². The largest absolute Gasteiger partial charge is 0.380 e. The summed E-state index contributed by atoms with van der Waals surface area (Å²) in [5, 5.41) is 6.35. The van der Waals surface area contributed by atoms with Crippen molar-refractivity contribution in [2.45, 2.75) is 6.54 Å². The summed E-state index contributed by atoms with van der Waals surface area (Å²) < 4.78 is 1.03. The number of fused-ring (bicyclic) bond motifs is 1. The van der Waals surface area contributed by atoms with Crippen molar-refractivity contribution in [3.8, 4) is 0 Å². The quantitative estimate of drug-likeness (QED) is 0.671. The van der Waals surface area contributed by atoms with Crippen LogP contribution in [0.3, 0.4) is 0 Å². The van der Waals surface area contributed by atoms with Crippen LogP contribution < -0.4 is 5.32 Å². The first-order valence-electron chi connectivity index (χ1n) is 5.75. The number of hydrogen-bond acceptors (Lipinski definition) is 3. The minimum Gasteiger partial charge on any atom is -0.380 e. The maximum Gasteiger partial charge on any atom is 0.131 e. The van der Waals surface area contributed by atoms with Crippen LogP contribution in [0.1, 0.15) is 5.56 Å². The van der Waals surface area contributed by atoms with E-state index < -0.39 is 0 Å². The van der Waals surface area contributed by atoms with Crippen molar-refractivity contribution in [3.63, 3.8) is 0 Å². The predicted octanol–water partition coefficient (Wildman–Crippen LogP) is 5.22. The number of nitrogens with one attached hydrogen (secondary N) is 1. The SMILES string of the molecule is Clc1cc(NCc2ccccc2)c2scc(Cl)c2n1. The molecule has 0 spiro atoms. The first-order chi connectivity index (χ1) is 9.24. The molecule has 0 amide bonds. The molecule has 0 radical (unpaired) electrons. The Kier molecular flexibility index (Phi) is 3.60. The molecule has 96 valence electrons. The van der Waals surface area contributed by atoms with Crippen LogP contribution in [0.4, 0.5) is 5.69 Å². The van der Waals surface area contributed by atoms with E-state index in [2.05, 4.69) is 22.4 Å². The molecule has 0 aliphatic carbocycles. The zero-order chi connectivity index (χ0) is 13.2. The van der Waals surface area contributed by atoms with Crippen molar-refractivity contribution in [1.82, 2.24) is 4.98 Å². The van der Waals surface area contributed by atoms with Gasteiger partial charge < -0.3 is 5.32 Å². The molecule has 5 heteroatoms. The maximum absolute atomic E-state index is 6.10. The fourth-order valence-electron chi connectivity index (χ4n) is 1.87. The van der Waals surface area contributed by atoms with Gasteiger partial charge in [0.2, 0.25) is 0 Å². The first kappa shape index (κ1) is 12.7. The molecule has 19 heavy (non-hydrogen) atoms. The van der Waals surface area contributed by atoms with Gasteiger partial charge in [0.25, 0.3) is 0 Å². The van der Waals surface area contributed by atoms with Crippen LogP contribution in [0.15, 0.2) is 41.8 Å². The van der Waals surface area contributed by atoms with Crippen molar-refractivity contribution < 1.29 is 0 Å². The predicted molar refractivity (Wildman–Crippen MR) is 83.4 cm³/mol. The zero-order valence-corrected chi connectivity index (χ0v) is 12.2. The fourth-order valence-corrected chi connectivity index (χ4v) is 3.25. The highest BCUT2D eigenvalue weighted by Gasteiger charge is 2.10. The summed E-state index contributed by atoms with van der Waals surface area (Å²) in [6.45, 7) is 0.742. The number of halogens is 2. The summed E-state index contributed by atoms with van der Waals surface area (Å²) >= 11 is 13.7. The van der Waals surface area contributed by atoms with Crippen LogP contribution in [0.2, 0.25) is 10.2 Å². The van der Waals surface area contributed by atoms with E-state index >= 15 is 0 Å². The second-order valence-electron chi connectivity index (χ2n) is 4.09. The van der Waals surface area contributed by atoms with Crippen molar-refractivity contribution >= 4 is 50.4 Å². The van der Waals surface area contributed by atoms with Crippen molar-refractivity contribution in [2.75, 3.05) is 5.32 Å². The molecular formula is C14H10Cl2N2S. The second kappa shape index (κ2) is 5.37. The van der Waals surface area contributed by atoms with Crippen molar-refractivity contribution in [1.29, 1.82) is 0 Å². The third-order valence-electron chi connectivity index (χ3n) is 2.77. The van der Waals surface area contributed by atoms with Gasteiger partial charge in [-0.05, 0) is 5.56 Å². The van der Waals surface area contributed by atoms with E-state index in [1.54, 1.807) is 11.3 Å². The molecule has 2 heterocycles. The van der Waals surface area contributed by atoms with Crippen LogP contribution in [0.5, 0.6) is 0 Å². The lowest BCUT2D eigenvalue weighted by Gasteiger charge is -2.08. The smallest absolute Gasteiger partial charge is 0.131 e. The summed E-state index contributed by atoms with van der Waals surface area (Å²) in [5.74, 6) is 0. The van der Waals surface area contributed by atoms with Gasteiger partial charge in [0.05, 0.1) is 15.4 Å². The number of benzene rings is 1. The molecule has 0 aliphatic heterocycles. The van der Waals surface area contributed by atoms with Gasteiger partial charge in [-0.3, -0.25) is 0 Å². The van der Waals surface area contributed by atoms with Gasteiger partial charge >= 0.3 is 0 Å². The van der Waals surface area contributed by atoms with E-state index in [9.17, 15) is 0 Å². The Balaban J connectivity index is 1.92. The highest BCUT2D eigenvalue weighted by atomic mass is 35.5. The molecule has 0 unspecified atom stereocenters. The van der Waals surface area contributed by atoms with Gasteiger partial charge in [-0.2, -0.15) is 0 Å². The Morgan fingerprint density at radius 2 is 1.95 bits per heavy atom. The minimum absolute atomic E-state index is 0.448. The Morgan fingerprint density at radius 1 is 1.16 bits per heavy atom. The molecule has 0 atom stereocenters. The number of nitrogens with zero attached hydrogens (tertiary/aromatic N) is 1. The number of pyridine rings is 1. The molecule has 0 aliphatic rings. The summed E-state index contributed by atoms with van der Waals surface area (Å²) in [5.41, 5.74) is 2.94. The van der Waals surface area contributed by atoms with Crippen LogP contribution in [0, 0.1) is 0 Å². The van der Waals surface area contributed by atoms with Crippen LogP contribution in [0.25, 0.3) is 10.2 Å². The minimum atomic E-state index is 0.448. The average Bonchev–Trinajstić information content (AvgIpc) is 2.79. The van der Waals surface area contributed by atoms with E-state index in [1.165, 1.54) is 5.56 Å². The van der Waals surface area contributed by atoms with E-state index in [4.69, 9.17) is 23.2 Å². The zero-order valence-electron chi connectivity index (χ0n) is 9.86. The van der Waals surface area contributed by atoms with Crippen LogP contribution in [-0.2, 0) is 6.54 Å². The van der Waals surface area contributed by atoms with Crippen molar-refractivity contribution in [3.05, 3.63) is 57.5 Å². The Hall–Kier alpha value is -1.29. The molecular weight excluding hydrogens is 299 g/mol. The molecule has 0 saturated heterocycles. The third kappa shape index (κ3) is 2.68. The Labute approximate surface area is 125 Å². The first-order valence-corrected chi connectivity index (χ1v) is 7.38. The molecule has 3 aromatic rings.